The number of hydrogen-bond donors (Lipinski definition) is 2. The molecule has 0 aromatic heterocycles. The summed E-state index contributed by atoms with van der Waals surface area (Å²) in [5, 5.41) is 12.0. The molecule has 0 spiro atoms. The van der Waals surface area contributed by atoms with Crippen LogP contribution in [0.5, 0.6) is 5.75 Å². The van der Waals surface area contributed by atoms with Crippen molar-refractivity contribution in [2.75, 3.05) is 12.4 Å². The lowest BCUT2D eigenvalue weighted by Gasteiger charge is -2.14. The van der Waals surface area contributed by atoms with E-state index in [1.54, 1.807) is 43.3 Å². The summed E-state index contributed by atoms with van der Waals surface area (Å²) in [6, 6.07) is 11.2. The molecule has 0 bridgehead atoms. The number of rotatable bonds is 5. The van der Waals surface area contributed by atoms with Crippen LogP contribution in [-0.2, 0) is 11.4 Å². The first-order chi connectivity index (χ1) is 10.6. The SMILES string of the molecule is COc1ccc(NC(=O)C(C)c2ccccc2F)cc1CO. The lowest BCUT2D eigenvalue weighted by molar-refractivity contribution is -0.117. The number of ether oxygens (including phenoxy) is 1. The summed E-state index contributed by atoms with van der Waals surface area (Å²) in [5.74, 6) is -0.807. The van der Waals surface area contributed by atoms with Gasteiger partial charge in [-0.3, -0.25) is 4.79 Å². The van der Waals surface area contributed by atoms with Gasteiger partial charge in [0.25, 0.3) is 0 Å². The van der Waals surface area contributed by atoms with Crippen LogP contribution in [-0.4, -0.2) is 18.1 Å². The second-order valence-corrected chi connectivity index (χ2v) is 4.92. The van der Waals surface area contributed by atoms with Crippen LogP contribution in [0, 0.1) is 5.82 Å². The van der Waals surface area contributed by atoms with Crippen LogP contribution in [0.15, 0.2) is 42.5 Å². The zero-order valence-electron chi connectivity index (χ0n) is 12.5. The quantitative estimate of drug-likeness (QED) is 0.892. The van der Waals surface area contributed by atoms with Crippen molar-refractivity contribution >= 4 is 11.6 Å². The number of anilines is 1. The second kappa shape index (κ2) is 7.04. The smallest absolute Gasteiger partial charge is 0.231 e. The Balaban J connectivity index is 2.17. The van der Waals surface area contributed by atoms with E-state index in [0.29, 0.717) is 22.6 Å². The molecule has 0 radical (unpaired) electrons. The predicted molar refractivity (Wildman–Crippen MR) is 82.4 cm³/mol. The molecule has 2 aromatic carbocycles. The van der Waals surface area contributed by atoms with Gasteiger partial charge < -0.3 is 15.2 Å². The summed E-state index contributed by atoms with van der Waals surface area (Å²) in [4.78, 5) is 12.2. The van der Waals surface area contributed by atoms with E-state index in [-0.39, 0.29) is 12.5 Å². The van der Waals surface area contributed by atoms with Crippen LogP contribution >= 0.6 is 0 Å². The van der Waals surface area contributed by atoms with E-state index in [1.807, 2.05) is 0 Å². The molecule has 0 heterocycles. The average Bonchev–Trinajstić information content (AvgIpc) is 2.54. The fourth-order valence-electron chi connectivity index (χ4n) is 2.20. The molecule has 0 saturated carbocycles. The lowest BCUT2D eigenvalue weighted by atomic mass is 9.99. The molecule has 116 valence electrons. The Bertz CT molecular complexity index is 673. The molecule has 0 fully saturated rings. The summed E-state index contributed by atoms with van der Waals surface area (Å²) < 4.78 is 18.8. The maximum Gasteiger partial charge on any atom is 0.231 e. The average molecular weight is 303 g/mol. The zero-order chi connectivity index (χ0) is 16.1. The monoisotopic (exact) mass is 303 g/mol. The Morgan fingerprint density at radius 3 is 2.68 bits per heavy atom. The van der Waals surface area contributed by atoms with Gasteiger partial charge in [0.05, 0.1) is 19.6 Å². The fraction of sp³-hybridized carbons (Fsp3) is 0.235. The molecule has 2 rings (SSSR count). The van der Waals surface area contributed by atoms with E-state index in [4.69, 9.17) is 4.74 Å². The Labute approximate surface area is 128 Å². The van der Waals surface area contributed by atoms with Crippen molar-refractivity contribution in [2.24, 2.45) is 0 Å². The molecular weight excluding hydrogens is 285 g/mol. The Kier molecular flexibility index (Phi) is 5.12. The zero-order valence-corrected chi connectivity index (χ0v) is 12.5. The third-order valence-corrected chi connectivity index (χ3v) is 3.48. The normalized spacial score (nSPS) is 11.8. The molecule has 22 heavy (non-hydrogen) atoms. The second-order valence-electron chi connectivity index (χ2n) is 4.92. The van der Waals surface area contributed by atoms with Crippen molar-refractivity contribution in [1.29, 1.82) is 0 Å². The number of hydrogen-bond acceptors (Lipinski definition) is 3. The van der Waals surface area contributed by atoms with Crippen molar-refractivity contribution in [2.45, 2.75) is 19.4 Å². The molecule has 4 nitrogen and oxygen atoms in total. The lowest BCUT2D eigenvalue weighted by Crippen LogP contribution is -2.19. The minimum Gasteiger partial charge on any atom is -0.496 e. The molecule has 0 aliphatic carbocycles. The van der Waals surface area contributed by atoms with E-state index in [1.165, 1.54) is 13.2 Å². The fourth-order valence-corrected chi connectivity index (χ4v) is 2.20. The Morgan fingerprint density at radius 2 is 2.05 bits per heavy atom. The maximum atomic E-state index is 13.7. The van der Waals surface area contributed by atoms with Gasteiger partial charge in [-0.15, -0.1) is 0 Å². The number of benzene rings is 2. The van der Waals surface area contributed by atoms with Crippen LogP contribution < -0.4 is 10.1 Å². The van der Waals surface area contributed by atoms with Gasteiger partial charge in [0.2, 0.25) is 5.91 Å². The third-order valence-electron chi connectivity index (χ3n) is 3.48. The number of amides is 1. The molecule has 1 atom stereocenters. The van der Waals surface area contributed by atoms with Gasteiger partial charge in [-0.1, -0.05) is 18.2 Å². The van der Waals surface area contributed by atoms with Crippen LogP contribution in [0.3, 0.4) is 0 Å². The minimum absolute atomic E-state index is 0.199. The molecular formula is C17H18FNO3. The standard InChI is InChI=1S/C17H18FNO3/c1-11(14-5-3-4-6-15(14)18)17(21)19-13-7-8-16(22-2)12(9-13)10-20/h3-9,11,20H,10H2,1-2H3,(H,19,21). The van der Waals surface area contributed by atoms with Gasteiger partial charge in [0, 0.05) is 11.3 Å². The third kappa shape index (κ3) is 3.43. The first-order valence-electron chi connectivity index (χ1n) is 6.90. The molecule has 2 aromatic rings. The van der Waals surface area contributed by atoms with Crippen molar-refractivity contribution in [3.8, 4) is 5.75 Å². The number of carbonyl (C=O) groups excluding carboxylic acids is 1. The van der Waals surface area contributed by atoms with Crippen LogP contribution in [0.4, 0.5) is 10.1 Å². The summed E-state index contributed by atoms with van der Waals surface area (Å²) in [6.07, 6.45) is 0. The largest absolute Gasteiger partial charge is 0.496 e. The molecule has 1 unspecified atom stereocenters. The molecule has 0 aliphatic rings. The number of aliphatic hydroxyl groups excluding tert-OH is 1. The highest BCUT2D eigenvalue weighted by Crippen LogP contribution is 2.25. The highest BCUT2D eigenvalue weighted by molar-refractivity contribution is 5.95. The molecule has 5 heteroatoms. The van der Waals surface area contributed by atoms with E-state index < -0.39 is 11.7 Å². The molecule has 0 saturated heterocycles. The number of aliphatic hydroxyl groups is 1. The van der Waals surface area contributed by atoms with Gasteiger partial charge in [-0.05, 0) is 36.8 Å². The maximum absolute atomic E-state index is 13.7. The van der Waals surface area contributed by atoms with E-state index in [9.17, 15) is 14.3 Å². The van der Waals surface area contributed by atoms with Crippen molar-refractivity contribution in [3.05, 3.63) is 59.4 Å². The van der Waals surface area contributed by atoms with Crippen LogP contribution in [0.1, 0.15) is 24.0 Å². The summed E-state index contributed by atoms with van der Waals surface area (Å²) >= 11 is 0. The summed E-state index contributed by atoms with van der Waals surface area (Å²) in [7, 11) is 1.51. The summed E-state index contributed by atoms with van der Waals surface area (Å²) in [5.41, 5.74) is 1.44. The topological polar surface area (TPSA) is 58.6 Å². The van der Waals surface area contributed by atoms with Gasteiger partial charge in [-0.2, -0.15) is 0 Å². The highest BCUT2D eigenvalue weighted by atomic mass is 19.1. The van der Waals surface area contributed by atoms with Crippen molar-refractivity contribution in [3.63, 3.8) is 0 Å². The first-order valence-corrected chi connectivity index (χ1v) is 6.90. The van der Waals surface area contributed by atoms with E-state index in [0.717, 1.165) is 0 Å². The minimum atomic E-state index is -0.624. The van der Waals surface area contributed by atoms with Crippen molar-refractivity contribution < 1.29 is 19.0 Å². The molecule has 1 amide bonds. The highest BCUT2D eigenvalue weighted by Gasteiger charge is 2.18. The van der Waals surface area contributed by atoms with Crippen LogP contribution in [0.25, 0.3) is 0 Å². The Morgan fingerprint density at radius 1 is 1.32 bits per heavy atom. The summed E-state index contributed by atoms with van der Waals surface area (Å²) in [6.45, 7) is 1.44. The van der Waals surface area contributed by atoms with E-state index >= 15 is 0 Å². The van der Waals surface area contributed by atoms with E-state index in [2.05, 4.69) is 5.32 Å². The molecule has 0 aliphatic heterocycles. The van der Waals surface area contributed by atoms with Gasteiger partial charge in [0.15, 0.2) is 0 Å². The van der Waals surface area contributed by atoms with Crippen molar-refractivity contribution in [1.82, 2.24) is 0 Å². The van der Waals surface area contributed by atoms with Gasteiger partial charge >= 0.3 is 0 Å². The number of halogens is 1. The first kappa shape index (κ1) is 16.0. The number of nitrogens with one attached hydrogen (secondary N) is 1. The number of carbonyl (C=O) groups is 1. The van der Waals surface area contributed by atoms with Gasteiger partial charge in [0.1, 0.15) is 11.6 Å². The Hall–Kier alpha value is -2.40. The van der Waals surface area contributed by atoms with Gasteiger partial charge in [-0.25, -0.2) is 4.39 Å². The number of methoxy groups -OCH3 is 1. The predicted octanol–water partition coefficient (Wildman–Crippen LogP) is 3.07. The molecule has 2 N–H and O–H groups in total. The van der Waals surface area contributed by atoms with Crippen LogP contribution in [0.2, 0.25) is 0 Å².